The largest absolute Gasteiger partial charge is 0.414 e. The van der Waals surface area contributed by atoms with Gasteiger partial charge in [0.1, 0.15) is 0 Å². The Labute approximate surface area is 78.1 Å². The molecular weight excluding hydrogens is 247 g/mol. The highest BCUT2D eigenvalue weighted by molar-refractivity contribution is 6.19. The number of halogens is 9. The molecule has 0 N–H and O–H groups in total. The predicted molar refractivity (Wildman–Crippen MR) is 33.1 cm³/mol. The standard InChI is InChI=1S/C3HF5.C2H2ClF3/c4-2(5)1-3(6,7)8;3-1(4)2(5)6/h1H;1-2H. The molecule has 9 heteroatoms. The van der Waals surface area contributed by atoms with Crippen molar-refractivity contribution in [2.75, 3.05) is 0 Å². The van der Waals surface area contributed by atoms with E-state index < -0.39 is 30.4 Å². The van der Waals surface area contributed by atoms with Gasteiger partial charge in [-0.25, -0.2) is 13.2 Å². The van der Waals surface area contributed by atoms with Crippen LogP contribution in [0.5, 0.6) is 0 Å². The third-order valence-electron chi connectivity index (χ3n) is 0.463. The molecule has 0 rings (SSSR count). The molecule has 1 atom stereocenters. The molecule has 0 radical (unpaired) electrons. The Morgan fingerprint density at radius 3 is 1.36 bits per heavy atom. The molecule has 0 saturated heterocycles. The summed E-state index contributed by atoms with van der Waals surface area (Å²) in [5.74, 6) is 0. The van der Waals surface area contributed by atoms with Crippen molar-refractivity contribution in [3.8, 4) is 0 Å². The van der Waals surface area contributed by atoms with Gasteiger partial charge in [0.15, 0.2) is 0 Å². The Morgan fingerprint density at radius 2 is 1.36 bits per heavy atom. The number of alkyl halides is 7. The molecule has 0 nitrogen and oxygen atoms in total. The molecule has 0 fully saturated rings. The Kier molecular flexibility index (Phi) is 7.80. The number of hydrogen-bond acceptors (Lipinski definition) is 0. The van der Waals surface area contributed by atoms with E-state index >= 15 is 0 Å². The summed E-state index contributed by atoms with van der Waals surface area (Å²) in [5.41, 5.74) is -2.51. The van der Waals surface area contributed by atoms with E-state index in [4.69, 9.17) is 0 Å². The van der Waals surface area contributed by atoms with Crippen LogP contribution in [0.25, 0.3) is 0 Å². The zero-order valence-electron chi connectivity index (χ0n) is 6.13. The van der Waals surface area contributed by atoms with E-state index in [0.29, 0.717) is 0 Å². The first-order valence-electron chi connectivity index (χ1n) is 2.73. The molecule has 0 aromatic carbocycles. The van der Waals surface area contributed by atoms with E-state index in [9.17, 15) is 35.1 Å². The maximum atomic E-state index is 10.8. The molecule has 0 aromatic heterocycles. The number of rotatable bonds is 1. The summed E-state index contributed by atoms with van der Waals surface area (Å²) in [6.07, 6.45) is -11.7. The van der Waals surface area contributed by atoms with Crippen LogP contribution in [0.4, 0.5) is 35.1 Å². The molecule has 14 heavy (non-hydrogen) atoms. The van der Waals surface area contributed by atoms with Gasteiger partial charge in [-0.1, -0.05) is 11.6 Å². The van der Waals surface area contributed by atoms with E-state index in [0.717, 1.165) is 0 Å². The van der Waals surface area contributed by atoms with Gasteiger partial charge < -0.3 is 0 Å². The zero-order chi connectivity index (χ0) is 11.9. The first-order valence-corrected chi connectivity index (χ1v) is 3.16. The van der Waals surface area contributed by atoms with Gasteiger partial charge in [-0.15, -0.1) is 0 Å². The number of allylic oxidation sites excluding steroid dienone is 1. The first-order chi connectivity index (χ1) is 6.06. The molecule has 0 aliphatic heterocycles. The lowest BCUT2D eigenvalue weighted by Crippen LogP contribution is -2.01. The monoisotopic (exact) mass is 250 g/mol. The van der Waals surface area contributed by atoms with E-state index in [1.807, 2.05) is 0 Å². The lowest BCUT2D eigenvalue weighted by molar-refractivity contribution is -0.0826. The third-order valence-corrected chi connectivity index (χ3v) is 0.654. The lowest BCUT2D eigenvalue weighted by Gasteiger charge is -1.93. The van der Waals surface area contributed by atoms with Crippen LogP contribution in [0.1, 0.15) is 0 Å². The topological polar surface area (TPSA) is 0 Å². The minimum absolute atomic E-state index is 1.06. The summed E-state index contributed by atoms with van der Waals surface area (Å²) in [6, 6.07) is 0. The number of hydrogen-bond donors (Lipinski definition) is 0. The fraction of sp³-hybridized carbons (Fsp3) is 0.600. The quantitative estimate of drug-likeness (QED) is 0.485. The highest BCUT2D eigenvalue weighted by Gasteiger charge is 2.25. The minimum atomic E-state index is -4.89. The summed E-state index contributed by atoms with van der Waals surface area (Å²) in [6.45, 7) is 0. The average Bonchev–Trinajstić information content (AvgIpc) is 1.81. The lowest BCUT2D eigenvalue weighted by atomic mass is 10.6. The fourth-order valence-corrected chi connectivity index (χ4v) is 0.124. The minimum Gasteiger partial charge on any atom is -0.224 e. The Morgan fingerprint density at radius 1 is 1.07 bits per heavy atom. The maximum Gasteiger partial charge on any atom is 0.414 e. The zero-order valence-corrected chi connectivity index (χ0v) is 6.89. The van der Waals surface area contributed by atoms with Crippen LogP contribution in [-0.2, 0) is 0 Å². The fourth-order valence-electron chi connectivity index (χ4n) is 0.124. The normalized spacial score (nSPS) is 13.0. The summed E-state index contributed by atoms with van der Waals surface area (Å²) >= 11 is 4.20. The van der Waals surface area contributed by atoms with Gasteiger partial charge in [-0.3, -0.25) is 0 Å². The van der Waals surface area contributed by atoms with Gasteiger partial charge in [0.25, 0.3) is 12.5 Å². The maximum absolute atomic E-state index is 10.8. The van der Waals surface area contributed by atoms with Crippen LogP contribution in [0.15, 0.2) is 12.2 Å². The van der Waals surface area contributed by atoms with Gasteiger partial charge in [0, 0.05) is 0 Å². The molecule has 0 aliphatic rings. The van der Waals surface area contributed by atoms with E-state index in [2.05, 4.69) is 11.6 Å². The van der Waals surface area contributed by atoms with Crippen LogP contribution >= 0.6 is 11.6 Å². The Bertz CT molecular complexity index is 161. The summed E-state index contributed by atoms with van der Waals surface area (Å²) in [5, 5.41) is 0. The highest BCUT2D eigenvalue weighted by Crippen LogP contribution is 2.19. The van der Waals surface area contributed by atoms with Crippen LogP contribution in [0.2, 0.25) is 0 Å². The van der Waals surface area contributed by atoms with Crippen LogP contribution in [0.3, 0.4) is 0 Å². The van der Waals surface area contributed by atoms with Crippen molar-refractivity contribution >= 4 is 11.6 Å². The average molecular weight is 251 g/mol. The van der Waals surface area contributed by atoms with Crippen molar-refractivity contribution in [1.29, 1.82) is 0 Å². The van der Waals surface area contributed by atoms with Gasteiger partial charge in [0.2, 0.25) is 5.63 Å². The Balaban J connectivity index is 0. The van der Waals surface area contributed by atoms with Crippen molar-refractivity contribution in [3.05, 3.63) is 12.2 Å². The SMILES string of the molecule is FC(F)=CC(F)(F)F.FC(F)C(F)Cl. The molecule has 0 saturated carbocycles. The second-order valence-electron chi connectivity index (χ2n) is 1.64. The van der Waals surface area contributed by atoms with Crippen molar-refractivity contribution in [2.45, 2.75) is 18.2 Å². The van der Waals surface area contributed by atoms with Crippen molar-refractivity contribution in [2.24, 2.45) is 0 Å². The van der Waals surface area contributed by atoms with E-state index in [-0.39, 0.29) is 0 Å². The molecule has 0 aliphatic carbocycles. The second kappa shape index (κ2) is 6.86. The van der Waals surface area contributed by atoms with E-state index in [1.54, 1.807) is 0 Å². The van der Waals surface area contributed by atoms with E-state index in [1.165, 1.54) is 0 Å². The molecule has 1 unspecified atom stereocenters. The third kappa shape index (κ3) is 17.5. The van der Waals surface area contributed by atoms with Gasteiger partial charge >= 0.3 is 6.18 Å². The molecule has 0 spiro atoms. The second-order valence-corrected chi connectivity index (χ2v) is 2.06. The van der Waals surface area contributed by atoms with Crippen molar-refractivity contribution in [1.82, 2.24) is 0 Å². The van der Waals surface area contributed by atoms with Gasteiger partial charge in [-0.05, 0) is 0 Å². The summed E-state index contributed by atoms with van der Waals surface area (Å²) in [4.78, 5) is 0. The Hall–Kier alpha value is -0.530. The first kappa shape index (κ1) is 15.9. The van der Waals surface area contributed by atoms with Crippen LogP contribution in [0, 0.1) is 0 Å². The molecular formula is C5H3ClF8. The predicted octanol–water partition coefficient (Wildman–Crippen LogP) is 4.12. The smallest absolute Gasteiger partial charge is 0.224 e. The molecule has 86 valence electrons. The molecule has 0 heterocycles. The summed E-state index contributed by atoms with van der Waals surface area (Å²) < 4.78 is 85.7. The van der Waals surface area contributed by atoms with Gasteiger partial charge in [0.05, 0.1) is 6.08 Å². The van der Waals surface area contributed by atoms with Crippen LogP contribution < -0.4 is 0 Å². The van der Waals surface area contributed by atoms with Crippen molar-refractivity contribution in [3.63, 3.8) is 0 Å². The highest BCUT2D eigenvalue weighted by atomic mass is 35.5. The van der Waals surface area contributed by atoms with Crippen molar-refractivity contribution < 1.29 is 35.1 Å². The molecule has 0 amide bonds. The summed E-state index contributed by atoms with van der Waals surface area (Å²) in [7, 11) is 0. The van der Waals surface area contributed by atoms with Gasteiger partial charge in [-0.2, -0.15) is 22.0 Å². The molecule has 0 aromatic rings. The molecule has 0 bridgehead atoms. The van der Waals surface area contributed by atoms with Crippen LogP contribution in [-0.4, -0.2) is 18.2 Å².